The van der Waals surface area contributed by atoms with Crippen LogP contribution < -0.4 is 0 Å². The zero-order valence-electron chi connectivity index (χ0n) is 8.60. The molecule has 4 nitrogen and oxygen atoms in total. The Balaban J connectivity index is 2.44. The van der Waals surface area contributed by atoms with Gasteiger partial charge in [-0.15, -0.1) is 0 Å². The van der Waals surface area contributed by atoms with E-state index in [1.807, 2.05) is 6.92 Å². The molecule has 0 aliphatic carbocycles. The molecule has 0 amide bonds. The van der Waals surface area contributed by atoms with Crippen LogP contribution in [0.2, 0.25) is 0 Å². The highest BCUT2D eigenvalue weighted by atomic mass is 16.6. The van der Waals surface area contributed by atoms with Crippen molar-refractivity contribution in [3.05, 3.63) is 29.8 Å². The number of ether oxygens (including phenoxy) is 2. The van der Waals surface area contributed by atoms with E-state index in [0.717, 1.165) is 0 Å². The van der Waals surface area contributed by atoms with Crippen LogP contribution in [0.25, 0.3) is 0 Å². The molecule has 1 rings (SSSR count). The smallest absolute Gasteiger partial charge is 0.341 e. The van der Waals surface area contributed by atoms with Crippen LogP contribution in [0.1, 0.15) is 17.3 Å². The van der Waals surface area contributed by atoms with E-state index in [-0.39, 0.29) is 17.9 Å². The van der Waals surface area contributed by atoms with Crippen molar-refractivity contribution in [2.45, 2.75) is 6.92 Å². The van der Waals surface area contributed by atoms with E-state index >= 15 is 0 Å². The molecule has 1 N–H and O–H groups in total. The van der Waals surface area contributed by atoms with Crippen molar-refractivity contribution < 1.29 is 19.4 Å². The molecular weight excluding hydrogens is 196 g/mol. The quantitative estimate of drug-likeness (QED) is 0.592. The normalized spacial score (nSPS) is 9.93. The highest BCUT2D eigenvalue weighted by Gasteiger charge is 2.10. The third-order valence-electron chi connectivity index (χ3n) is 1.79. The predicted molar refractivity (Wildman–Crippen MR) is 54.9 cm³/mol. The van der Waals surface area contributed by atoms with Gasteiger partial charge in [0.2, 0.25) is 0 Å². The number of aromatic hydroxyl groups is 1. The molecule has 82 valence electrons. The number of carbonyl (C=O) groups excluding carboxylic acids is 1. The molecule has 0 aromatic heterocycles. The van der Waals surface area contributed by atoms with Crippen LogP contribution in [0.15, 0.2) is 24.3 Å². The molecule has 0 heterocycles. The lowest BCUT2D eigenvalue weighted by atomic mass is 10.2. The standard InChI is InChI=1S/C11H14O4/c1-2-14-7-8-15-11(13)9-5-3-4-6-10(9)12/h3-6,12H,2,7-8H2,1H3. The summed E-state index contributed by atoms with van der Waals surface area (Å²) in [6.45, 7) is 3.02. The van der Waals surface area contributed by atoms with Crippen LogP contribution in [0.3, 0.4) is 0 Å². The van der Waals surface area contributed by atoms with E-state index in [9.17, 15) is 9.90 Å². The first-order valence-electron chi connectivity index (χ1n) is 4.78. The monoisotopic (exact) mass is 210 g/mol. The molecular formula is C11H14O4. The van der Waals surface area contributed by atoms with Crippen LogP contribution in [0.5, 0.6) is 5.75 Å². The van der Waals surface area contributed by atoms with E-state index in [1.165, 1.54) is 12.1 Å². The number of phenols is 1. The summed E-state index contributed by atoms with van der Waals surface area (Å²) in [5.74, 6) is -0.605. The maximum atomic E-state index is 11.4. The summed E-state index contributed by atoms with van der Waals surface area (Å²) in [5, 5.41) is 9.35. The third-order valence-corrected chi connectivity index (χ3v) is 1.79. The SMILES string of the molecule is CCOCCOC(=O)c1ccccc1O. The number of carbonyl (C=O) groups is 1. The second-order valence-corrected chi connectivity index (χ2v) is 2.85. The zero-order valence-corrected chi connectivity index (χ0v) is 8.60. The van der Waals surface area contributed by atoms with Gasteiger partial charge in [-0.25, -0.2) is 4.79 Å². The second-order valence-electron chi connectivity index (χ2n) is 2.85. The number of benzene rings is 1. The van der Waals surface area contributed by atoms with Crippen LogP contribution in [0.4, 0.5) is 0 Å². The molecule has 0 spiro atoms. The van der Waals surface area contributed by atoms with Crippen molar-refractivity contribution in [3.8, 4) is 5.75 Å². The molecule has 0 radical (unpaired) electrons. The van der Waals surface area contributed by atoms with Crippen molar-refractivity contribution >= 4 is 5.97 Å². The van der Waals surface area contributed by atoms with Crippen LogP contribution >= 0.6 is 0 Å². The minimum Gasteiger partial charge on any atom is -0.507 e. The summed E-state index contributed by atoms with van der Waals surface area (Å²) in [7, 11) is 0. The Kier molecular flexibility index (Phi) is 4.63. The lowest BCUT2D eigenvalue weighted by molar-refractivity contribution is 0.0332. The Morgan fingerprint density at radius 2 is 2.07 bits per heavy atom. The number of hydrogen-bond donors (Lipinski definition) is 1. The zero-order chi connectivity index (χ0) is 11.1. The average Bonchev–Trinajstić information content (AvgIpc) is 2.25. The van der Waals surface area contributed by atoms with Crippen molar-refractivity contribution in [2.24, 2.45) is 0 Å². The van der Waals surface area contributed by atoms with Gasteiger partial charge in [0.05, 0.1) is 6.61 Å². The van der Waals surface area contributed by atoms with Gasteiger partial charge in [-0.2, -0.15) is 0 Å². The van der Waals surface area contributed by atoms with E-state index in [2.05, 4.69) is 0 Å². The minimum absolute atomic E-state index is 0.0705. The summed E-state index contributed by atoms with van der Waals surface area (Å²) in [5.41, 5.74) is 0.175. The molecule has 0 aliphatic heterocycles. The van der Waals surface area contributed by atoms with Gasteiger partial charge < -0.3 is 14.6 Å². The number of hydrogen-bond acceptors (Lipinski definition) is 4. The topological polar surface area (TPSA) is 55.8 Å². The van der Waals surface area contributed by atoms with E-state index < -0.39 is 5.97 Å². The van der Waals surface area contributed by atoms with Crippen molar-refractivity contribution in [1.82, 2.24) is 0 Å². The lowest BCUT2D eigenvalue weighted by Crippen LogP contribution is -2.10. The molecule has 1 aromatic rings. The van der Waals surface area contributed by atoms with E-state index in [1.54, 1.807) is 12.1 Å². The van der Waals surface area contributed by atoms with Crippen molar-refractivity contribution in [2.75, 3.05) is 19.8 Å². The molecule has 0 aliphatic rings. The first kappa shape index (κ1) is 11.5. The number of esters is 1. The van der Waals surface area contributed by atoms with Crippen LogP contribution in [-0.2, 0) is 9.47 Å². The van der Waals surface area contributed by atoms with Gasteiger partial charge in [0.1, 0.15) is 17.9 Å². The molecule has 0 fully saturated rings. The highest BCUT2D eigenvalue weighted by molar-refractivity contribution is 5.92. The Morgan fingerprint density at radius 3 is 2.73 bits per heavy atom. The summed E-state index contributed by atoms with van der Waals surface area (Å²) in [4.78, 5) is 11.4. The first-order valence-corrected chi connectivity index (χ1v) is 4.78. The van der Waals surface area contributed by atoms with Gasteiger partial charge in [0, 0.05) is 6.61 Å². The van der Waals surface area contributed by atoms with Gasteiger partial charge >= 0.3 is 5.97 Å². The van der Waals surface area contributed by atoms with Crippen molar-refractivity contribution in [1.29, 1.82) is 0 Å². The van der Waals surface area contributed by atoms with Crippen LogP contribution in [-0.4, -0.2) is 30.9 Å². The first-order chi connectivity index (χ1) is 7.25. The maximum Gasteiger partial charge on any atom is 0.341 e. The molecule has 1 aromatic carbocycles. The third kappa shape index (κ3) is 3.59. The fraction of sp³-hybridized carbons (Fsp3) is 0.364. The summed E-state index contributed by atoms with van der Waals surface area (Å²) < 4.78 is 9.90. The van der Waals surface area contributed by atoms with E-state index in [0.29, 0.717) is 13.2 Å². The number of phenolic OH excluding ortho intramolecular Hbond substituents is 1. The fourth-order valence-electron chi connectivity index (χ4n) is 1.06. The molecule has 0 saturated heterocycles. The van der Waals surface area contributed by atoms with E-state index in [4.69, 9.17) is 9.47 Å². The summed E-state index contributed by atoms with van der Waals surface area (Å²) in [6, 6.07) is 6.27. The highest BCUT2D eigenvalue weighted by Crippen LogP contribution is 2.16. The molecule has 4 heteroatoms. The Morgan fingerprint density at radius 1 is 1.33 bits per heavy atom. The number of para-hydroxylation sites is 1. The van der Waals surface area contributed by atoms with Gasteiger partial charge in [-0.3, -0.25) is 0 Å². The Bertz CT molecular complexity index is 322. The Hall–Kier alpha value is -1.55. The van der Waals surface area contributed by atoms with Gasteiger partial charge in [-0.05, 0) is 19.1 Å². The molecule has 0 saturated carbocycles. The largest absolute Gasteiger partial charge is 0.507 e. The van der Waals surface area contributed by atoms with Crippen LogP contribution in [0, 0.1) is 0 Å². The minimum atomic E-state index is -0.534. The summed E-state index contributed by atoms with van der Waals surface area (Å²) >= 11 is 0. The van der Waals surface area contributed by atoms with Gasteiger partial charge in [0.25, 0.3) is 0 Å². The Labute approximate surface area is 88.4 Å². The lowest BCUT2D eigenvalue weighted by Gasteiger charge is -2.05. The molecule has 0 bridgehead atoms. The molecule has 15 heavy (non-hydrogen) atoms. The average molecular weight is 210 g/mol. The molecule has 0 unspecified atom stereocenters. The molecule has 0 atom stereocenters. The summed E-state index contributed by atoms with van der Waals surface area (Å²) in [6.07, 6.45) is 0. The fourth-order valence-corrected chi connectivity index (χ4v) is 1.06. The van der Waals surface area contributed by atoms with Gasteiger partial charge in [-0.1, -0.05) is 12.1 Å². The maximum absolute atomic E-state index is 11.4. The van der Waals surface area contributed by atoms with Gasteiger partial charge in [0.15, 0.2) is 0 Å². The van der Waals surface area contributed by atoms with Crippen molar-refractivity contribution in [3.63, 3.8) is 0 Å². The number of rotatable bonds is 5. The predicted octanol–water partition coefficient (Wildman–Crippen LogP) is 1.59. The second kappa shape index (κ2) is 6.03.